The van der Waals surface area contributed by atoms with E-state index in [1.165, 1.54) is 11.1 Å². The molecule has 0 spiro atoms. The minimum atomic E-state index is -1.11. The summed E-state index contributed by atoms with van der Waals surface area (Å²) in [5, 5.41) is 11.6. The molecule has 0 aliphatic heterocycles. The zero-order valence-electron chi connectivity index (χ0n) is 18.6. The van der Waals surface area contributed by atoms with Gasteiger partial charge in [0.25, 0.3) is 0 Å². The van der Waals surface area contributed by atoms with Gasteiger partial charge < -0.3 is 20.1 Å². The van der Waals surface area contributed by atoms with Crippen molar-refractivity contribution in [3.05, 3.63) is 59.7 Å². The largest absolute Gasteiger partial charge is 0.480 e. The van der Waals surface area contributed by atoms with Crippen molar-refractivity contribution in [3.8, 4) is 23.5 Å². The van der Waals surface area contributed by atoms with E-state index < -0.39 is 18.6 Å². The molecule has 0 radical (unpaired) electrons. The Bertz CT molecular complexity index is 1010. The third-order valence-electron chi connectivity index (χ3n) is 5.75. The summed E-state index contributed by atoms with van der Waals surface area (Å²) in [4.78, 5) is 36.5. The Balaban J connectivity index is 1.45. The van der Waals surface area contributed by atoms with Crippen LogP contribution in [0.3, 0.4) is 0 Å². The number of alkyl carbamates (subject to hydrolysis) is 1. The summed E-state index contributed by atoms with van der Waals surface area (Å²) < 4.78 is 5.52. The van der Waals surface area contributed by atoms with E-state index in [1.807, 2.05) is 31.2 Å². The Morgan fingerprint density at radius 3 is 2.30 bits per heavy atom. The number of nitrogens with one attached hydrogen (secondary N) is 1. The van der Waals surface area contributed by atoms with E-state index in [0.29, 0.717) is 13.0 Å². The van der Waals surface area contributed by atoms with Gasteiger partial charge in [0.2, 0.25) is 5.91 Å². The maximum absolute atomic E-state index is 12.3. The molecule has 0 bridgehead atoms. The van der Waals surface area contributed by atoms with Crippen molar-refractivity contribution in [2.45, 2.75) is 25.7 Å². The summed E-state index contributed by atoms with van der Waals surface area (Å²) in [6.07, 6.45) is 5.35. The van der Waals surface area contributed by atoms with Gasteiger partial charge in [-0.3, -0.25) is 9.59 Å². The molecule has 1 unspecified atom stereocenters. The number of carbonyl (C=O) groups is 3. The second-order valence-corrected chi connectivity index (χ2v) is 8.20. The van der Waals surface area contributed by atoms with Crippen molar-refractivity contribution in [1.82, 2.24) is 10.2 Å². The van der Waals surface area contributed by atoms with Crippen LogP contribution in [0.1, 0.15) is 36.8 Å². The number of benzene rings is 2. The van der Waals surface area contributed by atoms with Crippen LogP contribution in [0, 0.1) is 18.3 Å². The van der Waals surface area contributed by atoms with Gasteiger partial charge in [-0.2, -0.15) is 0 Å². The van der Waals surface area contributed by atoms with E-state index >= 15 is 0 Å². The number of nitrogens with zero attached hydrogens (tertiary/aromatic N) is 1. The number of aliphatic carboxylic acids is 1. The molecule has 7 heteroatoms. The second kappa shape index (κ2) is 11.2. The molecule has 172 valence electrons. The molecule has 2 amide bonds. The quantitative estimate of drug-likeness (QED) is 0.543. The van der Waals surface area contributed by atoms with Crippen molar-refractivity contribution >= 4 is 18.0 Å². The molecule has 1 aliphatic rings. The molecule has 0 saturated heterocycles. The van der Waals surface area contributed by atoms with E-state index in [9.17, 15) is 14.4 Å². The number of ether oxygens (including phenoxy) is 1. The van der Waals surface area contributed by atoms with Gasteiger partial charge in [-0.25, -0.2) is 4.79 Å². The monoisotopic (exact) mass is 448 g/mol. The molecule has 2 aromatic rings. The number of carbonyl (C=O) groups excluding carboxylic acids is 2. The highest BCUT2D eigenvalue weighted by atomic mass is 16.5. The van der Waals surface area contributed by atoms with E-state index in [4.69, 9.17) is 16.3 Å². The average Bonchev–Trinajstić information content (AvgIpc) is 3.13. The van der Waals surface area contributed by atoms with E-state index in [1.54, 1.807) is 0 Å². The first-order chi connectivity index (χ1) is 15.9. The Hall–Kier alpha value is -3.79. The molecule has 3 rings (SSSR count). The van der Waals surface area contributed by atoms with Gasteiger partial charge in [-0.15, -0.1) is 6.42 Å². The molecule has 2 N–H and O–H groups in total. The SMILES string of the molecule is C#CCN(CC(=O)O)C(=O)CCC(C)CNC(=O)OCC1c2ccccc2-c2ccccc21. The van der Waals surface area contributed by atoms with Gasteiger partial charge in [-0.05, 0) is 34.6 Å². The van der Waals surface area contributed by atoms with Gasteiger partial charge in [0.15, 0.2) is 0 Å². The first kappa shape index (κ1) is 23.9. The molecule has 0 heterocycles. The molecule has 33 heavy (non-hydrogen) atoms. The molecule has 1 aliphatic carbocycles. The van der Waals surface area contributed by atoms with Crippen molar-refractivity contribution in [2.75, 3.05) is 26.2 Å². The molecule has 1 atom stereocenters. The maximum Gasteiger partial charge on any atom is 0.407 e. The van der Waals surface area contributed by atoms with Crippen molar-refractivity contribution in [3.63, 3.8) is 0 Å². The summed E-state index contributed by atoms with van der Waals surface area (Å²) in [6, 6.07) is 16.3. The highest BCUT2D eigenvalue weighted by molar-refractivity contribution is 5.81. The fourth-order valence-corrected chi connectivity index (χ4v) is 4.04. The lowest BCUT2D eigenvalue weighted by molar-refractivity contribution is -0.144. The normalized spacial score (nSPS) is 12.7. The maximum atomic E-state index is 12.3. The number of hydrogen-bond donors (Lipinski definition) is 2. The van der Waals surface area contributed by atoms with Gasteiger partial charge in [0.05, 0.1) is 6.54 Å². The molecular formula is C26H28N2O5. The average molecular weight is 449 g/mol. The lowest BCUT2D eigenvalue weighted by Gasteiger charge is -2.19. The molecular weight excluding hydrogens is 420 g/mol. The van der Waals surface area contributed by atoms with Crippen molar-refractivity contribution < 1.29 is 24.2 Å². The number of fused-ring (bicyclic) bond motifs is 3. The van der Waals surface area contributed by atoms with E-state index in [-0.39, 0.29) is 37.3 Å². The minimum Gasteiger partial charge on any atom is -0.480 e. The van der Waals surface area contributed by atoms with Crippen molar-refractivity contribution in [1.29, 1.82) is 0 Å². The summed E-state index contributed by atoms with van der Waals surface area (Å²) in [5.41, 5.74) is 4.64. The standard InChI is InChI=1S/C26H28N2O5/c1-3-14-28(16-25(30)31)24(29)13-12-18(2)15-27-26(32)33-17-23-21-10-6-4-8-19(21)20-9-5-7-11-22(20)23/h1,4-11,18,23H,12-17H2,2H3,(H,27,32)(H,30,31). The molecule has 0 aromatic heterocycles. The Kier molecular flexibility index (Phi) is 8.09. The van der Waals surface area contributed by atoms with Gasteiger partial charge in [0.1, 0.15) is 13.2 Å². The number of amides is 2. The topological polar surface area (TPSA) is 95.9 Å². The zero-order valence-corrected chi connectivity index (χ0v) is 18.6. The summed E-state index contributed by atoms with van der Waals surface area (Å²) in [7, 11) is 0. The second-order valence-electron chi connectivity index (χ2n) is 8.20. The fourth-order valence-electron chi connectivity index (χ4n) is 4.04. The van der Waals surface area contributed by atoms with Crippen LogP contribution in [0.2, 0.25) is 0 Å². The zero-order chi connectivity index (χ0) is 23.8. The first-order valence-corrected chi connectivity index (χ1v) is 10.9. The third kappa shape index (κ3) is 6.13. The van der Waals surface area contributed by atoms with Crippen molar-refractivity contribution in [2.24, 2.45) is 5.92 Å². The predicted octanol–water partition coefficient (Wildman–Crippen LogP) is 3.49. The smallest absolute Gasteiger partial charge is 0.407 e. The third-order valence-corrected chi connectivity index (χ3v) is 5.75. The summed E-state index contributed by atoms with van der Waals surface area (Å²) in [6.45, 7) is 2.02. The first-order valence-electron chi connectivity index (χ1n) is 10.9. The molecule has 7 nitrogen and oxygen atoms in total. The Morgan fingerprint density at radius 1 is 1.12 bits per heavy atom. The molecule has 0 fully saturated rings. The summed E-state index contributed by atoms with van der Waals surface area (Å²) in [5.74, 6) is 0.877. The number of carboxylic acid groups (broad SMARTS) is 1. The number of rotatable bonds is 10. The Morgan fingerprint density at radius 2 is 1.73 bits per heavy atom. The van der Waals surface area contributed by atoms with Crippen LogP contribution in [0.25, 0.3) is 11.1 Å². The Labute approximate surface area is 193 Å². The van der Waals surface area contributed by atoms with Crippen LogP contribution in [-0.2, 0) is 14.3 Å². The lowest BCUT2D eigenvalue weighted by Crippen LogP contribution is -2.36. The van der Waals surface area contributed by atoms with Gasteiger partial charge >= 0.3 is 12.1 Å². The van der Waals surface area contributed by atoms with Crippen LogP contribution in [0.4, 0.5) is 4.79 Å². The van der Waals surface area contributed by atoms with Crippen LogP contribution < -0.4 is 5.32 Å². The highest BCUT2D eigenvalue weighted by Gasteiger charge is 2.29. The van der Waals surface area contributed by atoms with Gasteiger partial charge in [0, 0.05) is 18.9 Å². The van der Waals surface area contributed by atoms with E-state index in [2.05, 4.69) is 35.5 Å². The number of carboxylic acids is 1. The van der Waals surface area contributed by atoms with E-state index in [0.717, 1.165) is 16.0 Å². The van der Waals surface area contributed by atoms with Crippen LogP contribution in [0.5, 0.6) is 0 Å². The van der Waals surface area contributed by atoms with Crippen LogP contribution in [-0.4, -0.2) is 54.2 Å². The van der Waals surface area contributed by atoms with Crippen LogP contribution in [0.15, 0.2) is 48.5 Å². The molecule has 0 saturated carbocycles. The predicted molar refractivity (Wildman–Crippen MR) is 125 cm³/mol. The number of hydrogen-bond acceptors (Lipinski definition) is 4. The van der Waals surface area contributed by atoms with Gasteiger partial charge in [-0.1, -0.05) is 61.4 Å². The summed E-state index contributed by atoms with van der Waals surface area (Å²) >= 11 is 0. The number of terminal acetylenes is 1. The minimum absolute atomic E-state index is 0.00503. The molecule has 2 aromatic carbocycles. The highest BCUT2D eigenvalue weighted by Crippen LogP contribution is 2.44. The lowest BCUT2D eigenvalue weighted by atomic mass is 9.98. The van der Waals surface area contributed by atoms with Crippen LogP contribution >= 0.6 is 0 Å². The fraction of sp³-hybridized carbons (Fsp3) is 0.346.